The van der Waals surface area contributed by atoms with Crippen molar-refractivity contribution in [3.8, 4) is 0 Å². The van der Waals surface area contributed by atoms with Crippen LogP contribution in [0.3, 0.4) is 0 Å². The molecule has 4 nitrogen and oxygen atoms in total. The second-order valence-corrected chi connectivity index (χ2v) is 6.00. The van der Waals surface area contributed by atoms with Gasteiger partial charge in [0.25, 0.3) is 0 Å². The number of hydrogen-bond donors (Lipinski definition) is 3. The standard InChI is InChI=1S/C14H21NO3S/c1-11-3-5-12(6-4-11)19-8-7-13(18)15-14(2,9-16)10-17/h3-6,16-17H,7-10H2,1-2H3,(H,15,18). The van der Waals surface area contributed by atoms with Gasteiger partial charge in [0.15, 0.2) is 0 Å². The lowest BCUT2D eigenvalue weighted by atomic mass is 10.1. The Bertz CT molecular complexity index is 402. The van der Waals surface area contributed by atoms with Crippen molar-refractivity contribution < 1.29 is 15.0 Å². The number of hydrogen-bond acceptors (Lipinski definition) is 4. The van der Waals surface area contributed by atoms with Gasteiger partial charge in [-0.3, -0.25) is 4.79 Å². The smallest absolute Gasteiger partial charge is 0.221 e. The maximum atomic E-state index is 11.7. The van der Waals surface area contributed by atoms with E-state index in [0.717, 1.165) is 4.90 Å². The number of rotatable bonds is 7. The molecule has 0 aliphatic rings. The molecule has 0 atom stereocenters. The van der Waals surface area contributed by atoms with Gasteiger partial charge in [-0.15, -0.1) is 11.8 Å². The lowest BCUT2D eigenvalue weighted by Crippen LogP contribution is -2.51. The van der Waals surface area contributed by atoms with Crippen LogP contribution in [0.15, 0.2) is 29.2 Å². The van der Waals surface area contributed by atoms with Gasteiger partial charge in [-0.1, -0.05) is 17.7 Å². The van der Waals surface area contributed by atoms with Gasteiger partial charge in [0.05, 0.1) is 18.8 Å². The highest BCUT2D eigenvalue weighted by Gasteiger charge is 2.24. The highest BCUT2D eigenvalue weighted by atomic mass is 32.2. The van der Waals surface area contributed by atoms with Gasteiger partial charge in [0, 0.05) is 17.1 Å². The number of carbonyl (C=O) groups excluding carboxylic acids is 1. The largest absolute Gasteiger partial charge is 0.394 e. The summed E-state index contributed by atoms with van der Waals surface area (Å²) in [5.41, 5.74) is 0.273. The molecule has 106 valence electrons. The van der Waals surface area contributed by atoms with Crippen molar-refractivity contribution in [1.82, 2.24) is 5.32 Å². The van der Waals surface area contributed by atoms with Crippen LogP contribution in [-0.2, 0) is 4.79 Å². The molecule has 19 heavy (non-hydrogen) atoms. The minimum atomic E-state index is -0.939. The number of carbonyl (C=O) groups is 1. The van der Waals surface area contributed by atoms with Crippen molar-refractivity contribution in [1.29, 1.82) is 0 Å². The van der Waals surface area contributed by atoms with Gasteiger partial charge >= 0.3 is 0 Å². The van der Waals surface area contributed by atoms with E-state index in [-0.39, 0.29) is 19.1 Å². The van der Waals surface area contributed by atoms with Crippen LogP contribution in [0.1, 0.15) is 18.9 Å². The highest BCUT2D eigenvalue weighted by Crippen LogP contribution is 2.19. The van der Waals surface area contributed by atoms with E-state index < -0.39 is 5.54 Å². The zero-order valence-electron chi connectivity index (χ0n) is 11.3. The van der Waals surface area contributed by atoms with Crippen LogP contribution in [0, 0.1) is 6.92 Å². The molecule has 1 amide bonds. The zero-order chi connectivity index (χ0) is 14.3. The number of aliphatic hydroxyl groups is 2. The van der Waals surface area contributed by atoms with Gasteiger partial charge in [-0.25, -0.2) is 0 Å². The lowest BCUT2D eigenvalue weighted by molar-refractivity contribution is -0.123. The first kappa shape index (κ1) is 16.0. The SMILES string of the molecule is Cc1ccc(SCCC(=O)NC(C)(CO)CO)cc1. The van der Waals surface area contributed by atoms with E-state index in [2.05, 4.69) is 5.32 Å². The van der Waals surface area contributed by atoms with E-state index >= 15 is 0 Å². The molecular weight excluding hydrogens is 262 g/mol. The fraction of sp³-hybridized carbons (Fsp3) is 0.500. The fourth-order valence-corrected chi connectivity index (χ4v) is 2.28. The van der Waals surface area contributed by atoms with Crippen LogP contribution in [0.2, 0.25) is 0 Å². The van der Waals surface area contributed by atoms with E-state index in [4.69, 9.17) is 10.2 Å². The summed E-state index contributed by atoms with van der Waals surface area (Å²) in [5, 5.41) is 20.8. The molecule has 5 heteroatoms. The molecular formula is C14H21NO3S. The van der Waals surface area contributed by atoms with Crippen LogP contribution in [-0.4, -0.2) is 40.6 Å². The van der Waals surface area contributed by atoms with Crippen molar-refractivity contribution in [2.75, 3.05) is 19.0 Å². The summed E-state index contributed by atoms with van der Waals surface area (Å²) >= 11 is 1.61. The molecule has 0 fully saturated rings. The molecule has 0 aliphatic heterocycles. The average Bonchev–Trinajstić information content (AvgIpc) is 2.41. The average molecular weight is 283 g/mol. The molecule has 0 radical (unpaired) electrons. The van der Waals surface area contributed by atoms with Crippen LogP contribution < -0.4 is 5.32 Å². The van der Waals surface area contributed by atoms with Crippen molar-refractivity contribution >= 4 is 17.7 Å². The summed E-state index contributed by atoms with van der Waals surface area (Å²) in [4.78, 5) is 12.8. The van der Waals surface area contributed by atoms with Gasteiger partial charge < -0.3 is 15.5 Å². The molecule has 0 aliphatic carbocycles. The predicted molar refractivity (Wildman–Crippen MR) is 77.2 cm³/mol. The van der Waals surface area contributed by atoms with E-state index in [1.165, 1.54) is 5.56 Å². The maximum Gasteiger partial charge on any atom is 0.221 e. The van der Waals surface area contributed by atoms with Gasteiger partial charge in [0.2, 0.25) is 5.91 Å². The Morgan fingerprint density at radius 1 is 1.26 bits per heavy atom. The normalized spacial score (nSPS) is 11.4. The zero-order valence-corrected chi connectivity index (χ0v) is 12.2. The molecule has 1 aromatic rings. The molecule has 1 rings (SSSR count). The van der Waals surface area contributed by atoms with Gasteiger partial charge in [-0.2, -0.15) is 0 Å². The first-order valence-electron chi connectivity index (χ1n) is 6.21. The summed E-state index contributed by atoms with van der Waals surface area (Å²) in [6, 6.07) is 8.14. The third-order valence-corrected chi connectivity index (χ3v) is 3.77. The van der Waals surface area contributed by atoms with Crippen LogP contribution in [0.4, 0.5) is 0 Å². The van der Waals surface area contributed by atoms with Gasteiger partial charge in [0.1, 0.15) is 0 Å². The second-order valence-electron chi connectivity index (χ2n) is 4.84. The summed E-state index contributed by atoms with van der Waals surface area (Å²) in [5.74, 6) is 0.507. The summed E-state index contributed by atoms with van der Waals surface area (Å²) in [6.45, 7) is 3.09. The van der Waals surface area contributed by atoms with Crippen molar-refractivity contribution in [3.05, 3.63) is 29.8 Å². The fourth-order valence-electron chi connectivity index (χ4n) is 1.42. The molecule has 0 saturated carbocycles. The van der Waals surface area contributed by atoms with E-state index in [1.54, 1.807) is 18.7 Å². The Balaban J connectivity index is 2.33. The minimum absolute atomic E-state index is 0.162. The van der Waals surface area contributed by atoms with Crippen LogP contribution in [0.5, 0.6) is 0 Å². The van der Waals surface area contributed by atoms with Crippen molar-refractivity contribution in [2.45, 2.75) is 30.7 Å². The Hall–Kier alpha value is -1.04. The molecule has 0 heterocycles. The Morgan fingerprint density at radius 2 is 1.84 bits per heavy atom. The van der Waals surface area contributed by atoms with Crippen LogP contribution >= 0.6 is 11.8 Å². The first-order valence-corrected chi connectivity index (χ1v) is 7.20. The van der Waals surface area contributed by atoms with E-state index in [0.29, 0.717) is 12.2 Å². The number of aryl methyl sites for hydroxylation is 1. The molecule has 0 bridgehead atoms. The third-order valence-electron chi connectivity index (χ3n) is 2.76. The number of aliphatic hydroxyl groups excluding tert-OH is 2. The monoisotopic (exact) mass is 283 g/mol. The van der Waals surface area contributed by atoms with Crippen molar-refractivity contribution in [3.63, 3.8) is 0 Å². The van der Waals surface area contributed by atoms with E-state index in [9.17, 15) is 4.79 Å². The number of nitrogens with one attached hydrogen (secondary N) is 1. The lowest BCUT2D eigenvalue weighted by Gasteiger charge is -2.26. The highest BCUT2D eigenvalue weighted by molar-refractivity contribution is 7.99. The Morgan fingerprint density at radius 3 is 2.37 bits per heavy atom. The summed E-state index contributed by atoms with van der Waals surface area (Å²) in [7, 11) is 0. The number of thioether (sulfide) groups is 1. The Labute approximate surface area is 118 Å². The molecule has 3 N–H and O–H groups in total. The van der Waals surface area contributed by atoms with Gasteiger partial charge in [-0.05, 0) is 26.0 Å². The molecule has 0 saturated heterocycles. The third kappa shape index (κ3) is 5.63. The Kier molecular flexibility index (Phi) is 6.34. The van der Waals surface area contributed by atoms with Crippen LogP contribution in [0.25, 0.3) is 0 Å². The maximum absolute atomic E-state index is 11.7. The molecule has 1 aromatic carbocycles. The molecule has 0 aromatic heterocycles. The quantitative estimate of drug-likeness (QED) is 0.660. The second kappa shape index (κ2) is 7.53. The predicted octanol–water partition coefficient (Wildman–Crippen LogP) is 1.34. The van der Waals surface area contributed by atoms with E-state index in [1.807, 2.05) is 31.2 Å². The number of amides is 1. The number of benzene rings is 1. The first-order chi connectivity index (χ1) is 8.99. The van der Waals surface area contributed by atoms with Crippen molar-refractivity contribution in [2.24, 2.45) is 0 Å². The summed E-state index contributed by atoms with van der Waals surface area (Å²) in [6.07, 6.45) is 0.355. The minimum Gasteiger partial charge on any atom is -0.394 e. The molecule has 0 unspecified atom stereocenters. The molecule has 0 spiro atoms. The summed E-state index contributed by atoms with van der Waals surface area (Å²) < 4.78 is 0. The topological polar surface area (TPSA) is 69.6 Å².